The van der Waals surface area contributed by atoms with Gasteiger partial charge in [0.1, 0.15) is 6.54 Å². The molecule has 8 nitrogen and oxygen atoms in total. The minimum atomic E-state index is -0.483. The minimum absolute atomic E-state index is 0.0251. The van der Waals surface area contributed by atoms with Crippen LogP contribution in [0.4, 0.5) is 11.4 Å². The molecule has 0 saturated carbocycles. The molecular weight excluding hydrogens is 312 g/mol. The predicted octanol–water partition coefficient (Wildman–Crippen LogP) is 1.79. The molecule has 0 spiro atoms. The molecule has 1 unspecified atom stereocenters. The van der Waals surface area contributed by atoms with Crippen LogP contribution >= 0.6 is 0 Å². The molecule has 2 rings (SSSR count). The Balaban J connectivity index is 1.92. The number of carbonyl (C=O) groups is 2. The third-order valence-electron chi connectivity index (χ3n) is 4.01. The lowest BCUT2D eigenvalue weighted by Gasteiger charge is -2.32. The molecule has 1 aromatic carbocycles. The number of nitro groups is 1. The second-order valence-corrected chi connectivity index (χ2v) is 5.95. The van der Waals surface area contributed by atoms with Crippen molar-refractivity contribution in [3.05, 3.63) is 33.9 Å². The summed E-state index contributed by atoms with van der Waals surface area (Å²) in [6, 6.07) is 4.42. The molecule has 0 bridgehead atoms. The molecule has 1 heterocycles. The van der Waals surface area contributed by atoms with E-state index >= 15 is 0 Å². The quantitative estimate of drug-likeness (QED) is 0.609. The summed E-state index contributed by atoms with van der Waals surface area (Å²) in [6.07, 6.45) is 2.34. The average Bonchev–Trinajstić information content (AvgIpc) is 2.52. The van der Waals surface area contributed by atoms with Crippen LogP contribution in [0.15, 0.2) is 18.2 Å². The molecular formula is C16H22N4O4. The molecule has 2 amide bonds. The molecule has 24 heavy (non-hydrogen) atoms. The van der Waals surface area contributed by atoms with E-state index in [4.69, 9.17) is 0 Å². The topological polar surface area (TPSA) is 105 Å². The summed E-state index contributed by atoms with van der Waals surface area (Å²) in [5, 5.41) is 16.7. The van der Waals surface area contributed by atoms with Crippen molar-refractivity contribution in [1.29, 1.82) is 0 Å². The number of anilines is 1. The first-order chi connectivity index (χ1) is 11.4. The van der Waals surface area contributed by atoms with E-state index in [1.165, 1.54) is 23.1 Å². The Hall–Kier alpha value is -2.48. The van der Waals surface area contributed by atoms with Crippen molar-refractivity contribution >= 4 is 23.2 Å². The monoisotopic (exact) mass is 334 g/mol. The molecule has 1 aromatic rings. The first-order valence-electron chi connectivity index (χ1n) is 7.96. The zero-order valence-electron chi connectivity index (χ0n) is 13.9. The Morgan fingerprint density at radius 1 is 1.50 bits per heavy atom. The van der Waals surface area contributed by atoms with Gasteiger partial charge in [0.2, 0.25) is 11.8 Å². The van der Waals surface area contributed by atoms with Gasteiger partial charge in [-0.15, -0.1) is 0 Å². The lowest BCUT2D eigenvalue weighted by molar-refractivity contribution is -0.384. The number of amides is 2. The van der Waals surface area contributed by atoms with Gasteiger partial charge in [-0.05, 0) is 25.0 Å². The lowest BCUT2D eigenvalue weighted by Crippen LogP contribution is -2.52. The molecule has 8 heteroatoms. The van der Waals surface area contributed by atoms with Gasteiger partial charge >= 0.3 is 0 Å². The van der Waals surface area contributed by atoms with Crippen LogP contribution in [0.25, 0.3) is 0 Å². The maximum atomic E-state index is 12.1. The van der Waals surface area contributed by atoms with Gasteiger partial charge < -0.3 is 10.2 Å². The van der Waals surface area contributed by atoms with Crippen molar-refractivity contribution in [2.45, 2.75) is 39.2 Å². The number of non-ortho nitro benzene ring substituents is 1. The lowest BCUT2D eigenvalue weighted by atomic mass is 10.1. The highest BCUT2D eigenvalue weighted by atomic mass is 16.6. The van der Waals surface area contributed by atoms with Crippen molar-refractivity contribution in [1.82, 2.24) is 10.2 Å². The normalized spacial score (nSPS) is 17.7. The Morgan fingerprint density at radius 2 is 2.25 bits per heavy atom. The highest BCUT2D eigenvalue weighted by Gasteiger charge is 2.26. The van der Waals surface area contributed by atoms with E-state index < -0.39 is 4.92 Å². The van der Waals surface area contributed by atoms with Crippen molar-refractivity contribution in [2.24, 2.45) is 0 Å². The number of nitro benzene ring substituents is 1. The molecule has 0 radical (unpaired) electrons. The first kappa shape index (κ1) is 17.9. The number of carbonyl (C=O) groups excluding carboxylic acids is 2. The Bertz CT molecular complexity index is 647. The summed E-state index contributed by atoms with van der Waals surface area (Å²) in [5.74, 6) is -0.362. The van der Waals surface area contributed by atoms with Crippen LogP contribution in [0.3, 0.4) is 0 Å². The third-order valence-corrected chi connectivity index (χ3v) is 4.01. The number of nitrogens with one attached hydrogen (secondary N) is 2. The van der Waals surface area contributed by atoms with Gasteiger partial charge in [-0.2, -0.15) is 0 Å². The molecule has 0 aromatic heterocycles. The average molecular weight is 334 g/mol. The summed E-state index contributed by atoms with van der Waals surface area (Å²) >= 11 is 0. The van der Waals surface area contributed by atoms with Gasteiger partial charge in [0, 0.05) is 30.3 Å². The van der Waals surface area contributed by atoms with E-state index in [9.17, 15) is 19.7 Å². The molecule has 1 aliphatic heterocycles. The van der Waals surface area contributed by atoms with Crippen LogP contribution in [-0.4, -0.2) is 40.9 Å². The van der Waals surface area contributed by atoms with E-state index in [2.05, 4.69) is 17.6 Å². The summed E-state index contributed by atoms with van der Waals surface area (Å²) in [7, 11) is 0. The Labute approximate surface area is 140 Å². The van der Waals surface area contributed by atoms with Crippen LogP contribution in [0.5, 0.6) is 0 Å². The van der Waals surface area contributed by atoms with Gasteiger partial charge in [0.05, 0.1) is 11.6 Å². The summed E-state index contributed by atoms with van der Waals surface area (Å²) < 4.78 is 0. The van der Waals surface area contributed by atoms with Crippen LogP contribution < -0.4 is 10.6 Å². The van der Waals surface area contributed by atoms with Crippen molar-refractivity contribution in [2.75, 3.05) is 18.5 Å². The second-order valence-electron chi connectivity index (χ2n) is 5.95. The van der Waals surface area contributed by atoms with E-state index in [0.29, 0.717) is 24.3 Å². The van der Waals surface area contributed by atoms with Gasteiger partial charge in [0.25, 0.3) is 5.69 Å². The second kappa shape index (κ2) is 7.87. The summed E-state index contributed by atoms with van der Waals surface area (Å²) in [5.41, 5.74) is 1.08. The number of hydrogen-bond donors (Lipinski definition) is 2. The summed E-state index contributed by atoms with van der Waals surface area (Å²) in [6.45, 7) is 4.07. The third kappa shape index (κ3) is 4.51. The fourth-order valence-electron chi connectivity index (χ4n) is 2.70. The molecule has 1 fully saturated rings. The van der Waals surface area contributed by atoms with E-state index in [-0.39, 0.29) is 30.1 Å². The highest BCUT2D eigenvalue weighted by molar-refractivity contribution is 5.95. The van der Waals surface area contributed by atoms with Gasteiger partial charge in [-0.3, -0.25) is 25.0 Å². The van der Waals surface area contributed by atoms with Crippen LogP contribution in [0.1, 0.15) is 31.7 Å². The van der Waals surface area contributed by atoms with Crippen LogP contribution in [0, 0.1) is 17.0 Å². The predicted molar refractivity (Wildman–Crippen MR) is 89.5 cm³/mol. The standard InChI is InChI=1S/C16H22N4O4/c1-3-4-12-8-16(22)19(10-17-12)9-15(21)18-14-6-5-13(20(23)24)7-11(14)2/h5-7,12,17H,3-4,8-10H2,1-2H3,(H,18,21). The zero-order chi connectivity index (χ0) is 17.7. The van der Waals surface area contributed by atoms with Crippen LogP contribution in [0.2, 0.25) is 0 Å². The Kier molecular flexibility index (Phi) is 5.86. The largest absolute Gasteiger partial charge is 0.324 e. The SMILES string of the molecule is CCCC1CC(=O)N(CC(=O)Nc2ccc([N+](=O)[O-])cc2C)CN1. The number of nitrogens with zero attached hydrogens (tertiary/aromatic N) is 2. The molecule has 130 valence electrons. The number of benzene rings is 1. The van der Waals surface area contributed by atoms with Crippen molar-refractivity contribution < 1.29 is 14.5 Å². The maximum Gasteiger partial charge on any atom is 0.269 e. The molecule has 1 saturated heterocycles. The Morgan fingerprint density at radius 3 is 2.83 bits per heavy atom. The molecule has 0 aliphatic carbocycles. The number of hydrogen-bond acceptors (Lipinski definition) is 5. The smallest absolute Gasteiger partial charge is 0.269 e. The van der Waals surface area contributed by atoms with E-state index in [0.717, 1.165) is 12.8 Å². The number of aryl methyl sites for hydroxylation is 1. The molecule has 1 aliphatic rings. The fourth-order valence-corrected chi connectivity index (χ4v) is 2.70. The summed E-state index contributed by atoms with van der Waals surface area (Å²) in [4.78, 5) is 35.9. The molecule has 1 atom stereocenters. The minimum Gasteiger partial charge on any atom is -0.324 e. The zero-order valence-corrected chi connectivity index (χ0v) is 13.9. The number of rotatable bonds is 6. The maximum absolute atomic E-state index is 12.1. The first-order valence-corrected chi connectivity index (χ1v) is 7.96. The molecule has 2 N–H and O–H groups in total. The van der Waals surface area contributed by atoms with Crippen molar-refractivity contribution in [3.8, 4) is 0 Å². The van der Waals surface area contributed by atoms with E-state index in [1.54, 1.807) is 6.92 Å². The van der Waals surface area contributed by atoms with Crippen molar-refractivity contribution in [3.63, 3.8) is 0 Å². The highest BCUT2D eigenvalue weighted by Crippen LogP contribution is 2.21. The fraction of sp³-hybridized carbons (Fsp3) is 0.500. The van der Waals surface area contributed by atoms with Gasteiger partial charge in [-0.25, -0.2) is 0 Å². The van der Waals surface area contributed by atoms with Gasteiger partial charge in [-0.1, -0.05) is 13.3 Å². The van der Waals surface area contributed by atoms with E-state index in [1.807, 2.05) is 0 Å². The van der Waals surface area contributed by atoms with Gasteiger partial charge in [0.15, 0.2) is 0 Å². The van der Waals surface area contributed by atoms with Crippen LogP contribution in [-0.2, 0) is 9.59 Å².